The first-order chi connectivity index (χ1) is 10.3. The van der Waals surface area contributed by atoms with Gasteiger partial charge in [0, 0.05) is 23.4 Å². The van der Waals surface area contributed by atoms with E-state index in [0.29, 0.717) is 11.5 Å². The first-order valence-corrected chi connectivity index (χ1v) is 8.74. The molecule has 0 bridgehead atoms. The van der Waals surface area contributed by atoms with Crippen LogP contribution in [0.3, 0.4) is 0 Å². The molecular formula is C19H29NO. The van der Waals surface area contributed by atoms with Crippen molar-refractivity contribution in [1.82, 2.24) is 4.98 Å². The van der Waals surface area contributed by atoms with Gasteiger partial charge in [0.1, 0.15) is 0 Å². The molecule has 1 aliphatic carbocycles. The van der Waals surface area contributed by atoms with Crippen LogP contribution in [0, 0.1) is 5.92 Å². The first kappa shape index (κ1) is 16.2. The van der Waals surface area contributed by atoms with Gasteiger partial charge in [0.05, 0.1) is 0 Å². The van der Waals surface area contributed by atoms with E-state index in [0.717, 1.165) is 12.2 Å². The number of hydrogen-bond donors (Lipinski definition) is 0. The Balaban J connectivity index is 1.68. The molecule has 0 spiro atoms. The molecule has 2 heteroatoms. The average Bonchev–Trinajstić information content (AvgIpc) is 2.55. The van der Waals surface area contributed by atoms with E-state index in [4.69, 9.17) is 0 Å². The molecule has 1 aliphatic rings. The molecule has 0 unspecified atom stereocenters. The molecule has 0 aliphatic heterocycles. The van der Waals surface area contributed by atoms with Crippen molar-refractivity contribution in [3.8, 4) is 0 Å². The third-order valence-corrected chi connectivity index (χ3v) is 4.93. The highest BCUT2D eigenvalue weighted by Crippen LogP contribution is 2.37. The van der Waals surface area contributed by atoms with Crippen molar-refractivity contribution in [2.24, 2.45) is 5.92 Å². The van der Waals surface area contributed by atoms with Crippen molar-refractivity contribution >= 4 is 6.29 Å². The largest absolute Gasteiger partial charge is 0.298 e. The Kier molecular flexibility index (Phi) is 6.91. The van der Waals surface area contributed by atoms with Crippen molar-refractivity contribution < 1.29 is 4.79 Å². The highest BCUT2D eigenvalue weighted by molar-refractivity contribution is 5.73. The van der Waals surface area contributed by atoms with Gasteiger partial charge in [0.2, 0.25) is 0 Å². The zero-order chi connectivity index (χ0) is 14.9. The van der Waals surface area contributed by atoms with Crippen molar-refractivity contribution in [2.75, 3.05) is 0 Å². The Hall–Kier alpha value is -1.18. The minimum absolute atomic E-state index is 0.613. The Morgan fingerprint density at radius 2 is 1.86 bits per heavy atom. The van der Waals surface area contributed by atoms with E-state index in [9.17, 15) is 4.79 Å². The molecular weight excluding hydrogens is 258 g/mol. The fourth-order valence-corrected chi connectivity index (χ4v) is 3.51. The first-order valence-electron chi connectivity index (χ1n) is 8.74. The number of pyridine rings is 1. The van der Waals surface area contributed by atoms with Crippen LogP contribution in [0.5, 0.6) is 0 Å². The minimum atomic E-state index is 0.613. The van der Waals surface area contributed by atoms with E-state index >= 15 is 0 Å². The summed E-state index contributed by atoms with van der Waals surface area (Å²) in [5.74, 6) is 1.55. The summed E-state index contributed by atoms with van der Waals surface area (Å²) in [5, 5.41) is 0. The van der Waals surface area contributed by atoms with Gasteiger partial charge in [-0.3, -0.25) is 9.78 Å². The smallest absolute Gasteiger partial charge is 0.151 e. The fourth-order valence-electron chi connectivity index (χ4n) is 3.51. The van der Waals surface area contributed by atoms with Gasteiger partial charge in [-0.15, -0.1) is 0 Å². The SMILES string of the molecule is CCCCCCC[C@H]1CC[C@H](c2ccc(C=O)cn2)CC1. The second-order valence-corrected chi connectivity index (χ2v) is 6.55. The van der Waals surface area contributed by atoms with Crippen LogP contribution >= 0.6 is 0 Å². The number of carbonyl (C=O) groups excluding carboxylic acids is 1. The van der Waals surface area contributed by atoms with Gasteiger partial charge in [-0.2, -0.15) is 0 Å². The maximum atomic E-state index is 10.7. The monoisotopic (exact) mass is 287 g/mol. The van der Waals surface area contributed by atoms with Crippen LogP contribution < -0.4 is 0 Å². The zero-order valence-electron chi connectivity index (χ0n) is 13.4. The molecule has 1 heterocycles. The number of carbonyl (C=O) groups is 1. The molecule has 1 saturated carbocycles. The highest BCUT2D eigenvalue weighted by atomic mass is 16.1. The van der Waals surface area contributed by atoms with Crippen LogP contribution in [0.2, 0.25) is 0 Å². The molecule has 1 aromatic rings. The summed E-state index contributed by atoms with van der Waals surface area (Å²) >= 11 is 0. The number of aldehydes is 1. The van der Waals surface area contributed by atoms with Gasteiger partial charge >= 0.3 is 0 Å². The van der Waals surface area contributed by atoms with Gasteiger partial charge in [-0.1, -0.05) is 45.4 Å². The predicted molar refractivity (Wildman–Crippen MR) is 87.7 cm³/mol. The summed E-state index contributed by atoms with van der Waals surface area (Å²) in [6, 6.07) is 3.94. The quantitative estimate of drug-likeness (QED) is 0.465. The Morgan fingerprint density at radius 1 is 1.10 bits per heavy atom. The lowest BCUT2D eigenvalue weighted by Gasteiger charge is -2.28. The summed E-state index contributed by atoms with van der Waals surface area (Å²) in [6.07, 6.45) is 16.2. The summed E-state index contributed by atoms with van der Waals surface area (Å²) in [7, 11) is 0. The summed E-state index contributed by atoms with van der Waals surface area (Å²) in [6.45, 7) is 2.27. The molecule has 0 aromatic carbocycles. The van der Waals surface area contributed by atoms with Gasteiger partial charge in [-0.25, -0.2) is 0 Å². The summed E-state index contributed by atoms with van der Waals surface area (Å²) in [4.78, 5) is 15.1. The van der Waals surface area contributed by atoms with Crippen molar-refractivity contribution in [1.29, 1.82) is 0 Å². The number of aromatic nitrogens is 1. The van der Waals surface area contributed by atoms with E-state index in [2.05, 4.69) is 11.9 Å². The normalized spacial score (nSPS) is 22.1. The Bertz CT molecular complexity index is 404. The van der Waals surface area contributed by atoms with Crippen LogP contribution in [0.25, 0.3) is 0 Å². The van der Waals surface area contributed by atoms with Gasteiger partial charge < -0.3 is 0 Å². The van der Waals surface area contributed by atoms with E-state index in [1.807, 2.05) is 12.1 Å². The van der Waals surface area contributed by atoms with Gasteiger partial charge in [0.15, 0.2) is 6.29 Å². The molecule has 1 fully saturated rings. The molecule has 0 radical (unpaired) electrons. The van der Waals surface area contributed by atoms with Crippen molar-refractivity contribution in [3.05, 3.63) is 29.6 Å². The molecule has 1 aromatic heterocycles. The van der Waals surface area contributed by atoms with E-state index in [-0.39, 0.29) is 0 Å². The second-order valence-electron chi connectivity index (χ2n) is 6.55. The van der Waals surface area contributed by atoms with Crippen molar-refractivity contribution in [2.45, 2.75) is 77.0 Å². The molecule has 21 heavy (non-hydrogen) atoms. The van der Waals surface area contributed by atoms with Crippen molar-refractivity contribution in [3.63, 3.8) is 0 Å². The third kappa shape index (κ3) is 5.26. The predicted octanol–water partition coefficient (Wildman–Crippen LogP) is 5.53. The van der Waals surface area contributed by atoms with Gasteiger partial charge in [0.25, 0.3) is 0 Å². The summed E-state index contributed by atoms with van der Waals surface area (Å²) < 4.78 is 0. The van der Waals surface area contributed by atoms with Crippen LogP contribution in [0.4, 0.5) is 0 Å². The molecule has 116 valence electrons. The van der Waals surface area contributed by atoms with Crippen LogP contribution in [-0.4, -0.2) is 11.3 Å². The fraction of sp³-hybridized carbons (Fsp3) is 0.684. The molecule has 0 saturated heterocycles. The lowest BCUT2D eigenvalue weighted by atomic mass is 9.78. The van der Waals surface area contributed by atoms with E-state index in [1.165, 1.54) is 69.9 Å². The highest BCUT2D eigenvalue weighted by Gasteiger charge is 2.22. The zero-order valence-corrected chi connectivity index (χ0v) is 13.4. The average molecular weight is 287 g/mol. The molecule has 0 atom stereocenters. The van der Waals surface area contributed by atoms with E-state index < -0.39 is 0 Å². The summed E-state index contributed by atoms with van der Waals surface area (Å²) in [5.41, 5.74) is 1.86. The van der Waals surface area contributed by atoms with Crippen LogP contribution in [0.1, 0.15) is 93.1 Å². The van der Waals surface area contributed by atoms with E-state index in [1.54, 1.807) is 6.20 Å². The molecule has 2 rings (SSSR count). The number of hydrogen-bond acceptors (Lipinski definition) is 2. The van der Waals surface area contributed by atoms with Crippen LogP contribution in [-0.2, 0) is 0 Å². The minimum Gasteiger partial charge on any atom is -0.298 e. The Labute approximate surface area is 129 Å². The van der Waals surface area contributed by atoms with Crippen LogP contribution in [0.15, 0.2) is 18.3 Å². The lowest BCUT2D eigenvalue weighted by Crippen LogP contribution is -2.14. The second kappa shape index (κ2) is 8.96. The lowest BCUT2D eigenvalue weighted by molar-refractivity contribution is 0.112. The molecule has 0 N–H and O–H groups in total. The number of unbranched alkanes of at least 4 members (excludes halogenated alkanes) is 4. The molecule has 0 amide bonds. The topological polar surface area (TPSA) is 30.0 Å². The number of rotatable bonds is 8. The standard InChI is InChI=1S/C19H29NO/c1-2-3-4-5-6-7-16-8-11-18(12-9-16)19-13-10-17(15-21)14-20-19/h10,13-16,18H,2-9,11-12H2,1H3/t16-,18-. The Morgan fingerprint density at radius 3 is 2.48 bits per heavy atom. The maximum absolute atomic E-state index is 10.7. The maximum Gasteiger partial charge on any atom is 0.151 e. The van der Waals surface area contributed by atoms with Gasteiger partial charge in [-0.05, 0) is 43.7 Å². The number of nitrogens with zero attached hydrogens (tertiary/aromatic N) is 1. The third-order valence-electron chi connectivity index (χ3n) is 4.93. The molecule has 2 nitrogen and oxygen atoms in total.